The van der Waals surface area contributed by atoms with Crippen molar-refractivity contribution >= 4 is 11.9 Å². The summed E-state index contributed by atoms with van der Waals surface area (Å²) in [6.07, 6.45) is 2.06. The topological polar surface area (TPSA) is 85.8 Å². The van der Waals surface area contributed by atoms with Crippen LogP contribution in [0.15, 0.2) is 6.07 Å². The Hall–Kier alpha value is -2.09. The van der Waals surface area contributed by atoms with E-state index in [0.29, 0.717) is 37.3 Å². The summed E-state index contributed by atoms with van der Waals surface area (Å²) in [6, 6.07) is 1.65. The van der Waals surface area contributed by atoms with Gasteiger partial charge in [-0.3, -0.25) is 4.79 Å². The third-order valence-electron chi connectivity index (χ3n) is 4.39. The minimum atomic E-state index is -0.272. The van der Waals surface area contributed by atoms with E-state index >= 15 is 0 Å². The molecule has 0 radical (unpaired) electrons. The van der Waals surface area contributed by atoms with Gasteiger partial charge in [0.1, 0.15) is 0 Å². The Morgan fingerprint density at radius 3 is 2.48 bits per heavy atom. The highest BCUT2D eigenvalue weighted by molar-refractivity contribution is 5.76. The fourth-order valence-electron chi connectivity index (χ4n) is 2.94. The molecular formula is C15H22N4O4. The van der Waals surface area contributed by atoms with E-state index in [-0.39, 0.29) is 11.5 Å². The van der Waals surface area contributed by atoms with Gasteiger partial charge in [0.2, 0.25) is 23.6 Å². The zero-order chi connectivity index (χ0) is 16.3. The number of carbonyl (C=O) groups is 1. The number of nitrogens with zero attached hydrogens (tertiary/aromatic N) is 3. The second-order valence-corrected chi connectivity index (χ2v) is 5.80. The van der Waals surface area contributed by atoms with Gasteiger partial charge in [0.15, 0.2) is 0 Å². The maximum atomic E-state index is 11.5. The molecule has 1 spiro atoms. The van der Waals surface area contributed by atoms with Gasteiger partial charge in [-0.25, -0.2) is 0 Å². The first kappa shape index (κ1) is 15.8. The number of hydrogen-bond donors (Lipinski definition) is 1. The number of carbonyl (C=O) groups excluding carboxylic acids is 1. The molecule has 2 fully saturated rings. The molecule has 3 heterocycles. The Bertz CT molecular complexity index is 550. The molecule has 23 heavy (non-hydrogen) atoms. The van der Waals surface area contributed by atoms with Crippen LogP contribution >= 0.6 is 0 Å². The van der Waals surface area contributed by atoms with E-state index in [4.69, 9.17) is 14.2 Å². The van der Waals surface area contributed by atoms with Crippen molar-refractivity contribution in [3.05, 3.63) is 6.07 Å². The van der Waals surface area contributed by atoms with Gasteiger partial charge in [-0.2, -0.15) is 9.97 Å². The largest absolute Gasteiger partial charge is 0.481 e. The van der Waals surface area contributed by atoms with Crippen LogP contribution in [-0.4, -0.2) is 61.9 Å². The molecule has 2 saturated heterocycles. The highest BCUT2D eigenvalue weighted by Crippen LogP contribution is 2.30. The first-order valence-corrected chi connectivity index (χ1v) is 7.77. The van der Waals surface area contributed by atoms with Gasteiger partial charge in [0, 0.05) is 26.1 Å². The van der Waals surface area contributed by atoms with Gasteiger partial charge in [0.05, 0.1) is 32.5 Å². The van der Waals surface area contributed by atoms with Gasteiger partial charge in [-0.15, -0.1) is 0 Å². The second-order valence-electron chi connectivity index (χ2n) is 5.80. The summed E-state index contributed by atoms with van der Waals surface area (Å²) in [5.41, 5.74) is -0.272. The van der Waals surface area contributed by atoms with Crippen molar-refractivity contribution < 1.29 is 19.0 Å². The molecule has 3 rings (SSSR count). The van der Waals surface area contributed by atoms with Crippen molar-refractivity contribution in [1.82, 2.24) is 15.3 Å². The minimum absolute atomic E-state index is 0.0603. The molecule has 0 bridgehead atoms. The molecule has 1 N–H and O–H groups in total. The molecule has 0 unspecified atom stereocenters. The number of aromatic nitrogens is 2. The Labute approximate surface area is 135 Å². The molecule has 0 aromatic carbocycles. The Balaban J connectivity index is 1.70. The molecular weight excluding hydrogens is 300 g/mol. The molecule has 8 nitrogen and oxygen atoms in total. The van der Waals surface area contributed by atoms with Crippen molar-refractivity contribution in [2.45, 2.75) is 24.9 Å². The summed E-state index contributed by atoms with van der Waals surface area (Å²) >= 11 is 0. The molecule has 8 heteroatoms. The zero-order valence-corrected chi connectivity index (χ0v) is 13.5. The summed E-state index contributed by atoms with van der Waals surface area (Å²) in [5.74, 6) is 1.61. The van der Waals surface area contributed by atoms with Crippen molar-refractivity contribution in [2.24, 2.45) is 0 Å². The first-order chi connectivity index (χ1) is 11.1. The van der Waals surface area contributed by atoms with Gasteiger partial charge >= 0.3 is 0 Å². The van der Waals surface area contributed by atoms with Gasteiger partial charge in [-0.1, -0.05) is 0 Å². The maximum Gasteiger partial charge on any atom is 0.231 e. The van der Waals surface area contributed by atoms with Crippen LogP contribution < -0.4 is 19.7 Å². The molecule has 0 aliphatic carbocycles. The van der Waals surface area contributed by atoms with Crippen LogP contribution in [0.5, 0.6) is 11.8 Å². The van der Waals surface area contributed by atoms with Crippen molar-refractivity contribution in [2.75, 3.05) is 45.4 Å². The Morgan fingerprint density at radius 1 is 1.22 bits per heavy atom. The highest BCUT2D eigenvalue weighted by Gasteiger charge is 2.38. The van der Waals surface area contributed by atoms with Crippen molar-refractivity contribution in [3.8, 4) is 11.8 Å². The normalized spacial score (nSPS) is 20.8. The Kier molecular flexibility index (Phi) is 4.51. The quantitative estimate of drug-likeness (QED) is 0.860. The third-order valence-corrected chi connectivity index (χ3v) is 4.39. The van der Waals surface area contributed by atoms with E-state index < -0.39 is 0 Å². The van der Waals surface area contributed by atoms with Crippen LogP contribution in [-0.2, 0) is 9.53 Å². The van der Waals surface area contributed by atoms with E-state index in [2.05, 4.69) is 20.2 Å². The van der Waals surface area contributed by atoms with Crippen LogP contribution in [0.3, 0.4) is 0 Å². The molecule has 2 aliphatic heterocycles. The van der Waals surface area contributed by atoms with Crippen molar-refractivity contribution in [1.29, 1.82) is 0 Å². The lowest BCUT2D eigenvalue weighted by Crippen LogP contribution is -2.51. The number of rotatable bonds is 3. The Morgan fingerprint density at radius 2 is 1.87 bits per heavy atom. The highest BCUT2D eigenvalue weighted by atomic mass is 16.5. The predicted octanol–water partition coefficient (Wildman–Crippen LogP) is 0.369. The van der Waals surface area contributed by atoms with E-state index in [1.165, 1.54) is 0 Å². The number of anilines is 1. The first-order valence-electron chi connectivity index (χ1n) is 7.77. The summed E-state index contributed by atoms with van der Waals surface area (Å²) in [6.45, 7) is 2.57. The lowest BCUT2D eigenvalue weighted by Gasteiger charge is -2.40. The molecule has 1 aromatic rings. The molecule has 1 amide bonds. The fourth-order valence-corrected chi connectivity index (χ4v) is 2.94. The SMILES string of the molecule is COc1cc(OC)nc(N2CCC3(CC2)CNC(=O)CCO3)n1. The van der Waals surface area contributed by atoms with Crippen LogP contribution in [0, 0.1) is 0 Å². The van der Waals surface area contributed by atoms with Crippen LogP contribution in [0.4, 0.5) is 5.95 Å². The summed E-state index contributed by atoms with van der Waals surface area (Å²) in [4.78, 5) is 22.4. The maximum absolute atomic E-state index is 11.5. The summed E-state index contributed by atoms with van der Waals surface area (Å²) < 4.78 is 16.4. The number of amides is 1. The number of nitrogens with one attached hydrogen (secondary N) is 1. The number of piperidine rings is 1. The smallest absolute Gasteiger partial charge is 0.231 e. The standard InChI is InChI=1S/C15H22N4O4/c1-21-12-9-13(22-2)18-14(17-12)19-6-4-15(5-7-19)10-16-11(20)3-8-23-15/h9H,3-8,10H2,1-2H3,(H,16,20). The number of methoxy groups -OCH3 is 2. The van der Waals surface area contributed by atoms with Gasteiger partial charge in [-0.05, 0) is 12.8 Å². The van der Waals surface area contributed by atoms with Gasteiger partial charge < -0.3 is 24.4 Å². The molecule has 126 valence electrons. The predicted molar refractivity (Wildman–Crippen MR) is 82.9 cm³/mol. The second kappa shape index (κ2) is 6.57. The van der Waals surface area contributed by atoms with Crippen LogP contribution in [0.1, 0.15) is 19.3 Å². The van der Waals surface area contributed by atoms with Crippen molar-refractivity contribution in [3.63, 3.8) is 0 Å². The molecule has 2 aliphatic rings. The average Bonchev–Trinajstić information content (AvgIpc) is 2.77. The molecule has 0 saturated carbocycles. The monoisotopic (exact) mass is 322 g/mol. The average molecular weight is 322 g/mol. The van der Waals surface area contributed by atoms with Gasteiger partial charge in [0.25, 0.3) is 0 Å². The fraction of sp³-hybridized carbons (Fsp3) is 0.667. The summed E-state index contributed by atoms with van der Waals surface area (Å²) in [5, 5.41) is 2.94. The third kappa shape index (κ3) is 3.47. The number of hydrogen-bond acceptors (Lipinski definition) is 7. The summed E-state index contributed by atoms with van der Waals surface area (Å²) in [7, 11) is 3.14. The lowest BCUT2D eigenvalue weighted by molar-refractivity contribution is -0.120. The molecule has 1 aromatic heterocycles. The van der Waals surface area contributed by atoms with Crippen LogP contribution in [0.2, 0.25) is 0 Å². The van der Waals surface area contributed by atoms with E-state index in [1.54, 1.807) is 20.3 Å². The van der Waals surface area contributed by atoms with E-state index in [0.717, 1.165) is 25.9 Å². The lowest BCUT2D eigenvalue weighted by atomic mass is 9.91. The zero-order valence-electron chi connectivity index (χ0n) is 13.5. The minimum Gasteiger partial charge on any atom is -0.481 e. The van der Waals surface area contributed by atoms with Crippen LogP contribution in [0.25, 0.3) is 0 Å². The number of ether oxygens (including phenoxy) is 3. The van der Waals surface area contributed by atoms with E-state index in [1.807, 2.05) is 0 Å². The molecule has 0 atom stereocenters. The van der Waals surface area contributed by atoms with E-state index in [9.17, 15) is 4.79 Å².